The van der Waals surface area contributed by atoms with Crippen molar-refractivity contribution in [3.05, 3.63) is 101 Å². The van der Waals surface area contributed by atoms with Gasteiger partial charge >= 0.3 is 0 Å². The summed E-state index contributed by atoms with van der Waals surface area (Å²) >= 11 is 0. The van der Waals surface area contributed by atoms with Crippen LogP contribution in [0.15, 0.2) is 83.9 Å². The Morgan fingerprint density at radius 2 is 1.60 bits per heavy atom. The Morgan fingerprint density at radius 3 is 2.28 bits per heavy atom. The van der Waals surface area contributed by atoms with Gasteiger partial charge in [0.2, 0.25) is 0 Å². The summed E-state index contributed by atoms with van der Waals surface area (Å²) in [6, 6.07) is 24.3. The van der Waals surface area contributed by atoms with Crippen LogP contribution in [0.4, 0.5) is 4.39 Å². The van der Waals surface area contributed by atoms with Crippen LogP contribution in [0.5, 0.6) is 5.75 Å². The highest BCUT2D eigenvalue weighted by Crippen LogP contribution is 2.18. The minimum absolute atomic E-state index is 0.0189. The number of nitrogens with zero attached hydrogens (tertiary/aromatic N) is 1. The van der Waals surface area contributed by atoms with Crippen LogP contribution in [0.2, 0.25) is 0 Å². The van der Waals surface area contributed by atoms with E-state index < -0.39 is 0 Å². The van der Waals surface area contributed by atoms with Gasteiger partial charge in [0.15, 0.2) is 0 Å². The average Bonchev–Trinajstić information content (AvgIpc) is 2.67. The van der Waals surface area contributed by atoms with Crippen molar-refractivity contribution in [1.82, 2.24) is 0 Å². The lowest BCUT2D eigenvalue weighted by Gasteiger charge is -2.07. The maximum Gasteiger partial charge on any atom is 0.123 e. The molecule has 126 valence electrons. The lowest BCUT2D eigenvalue weighted by molar-refractivity contribution is 0.306. The molecule has 0 heterocycles. The summed E-state index contributed by atoms with van der Waals surface area (Å²) in [5.41, 5.74) is 3.13. The van der Waals surface area contributed by atoms with Gasteiger partial charge in [-0.3, -0.25) is 4.99 Å². The van der Waals surface area contributed by atoms with E-state index in [4.69, 9.17) is 4.74 Å². The molecular weight excluding hydrogens is 313 g/mol. The first-order valence-electron chi connectivity index (χ1n) is 8.26. The number of hydrogen-bond acceptors (Lipinski definition) is 2. The Hall–Kier alpha value is -2.94. The smallest absolute Gasteiger partial charge is 0.123 e. The second-order valence-corrected chi connectivity index (χ2v) is 5.85. The van der Waals surface area contributed by atoms with Crippen LogP contribution in [0.3, 0.4) is 0 Å². The van der Waals surface area contributed by atoms with Crippen molar-refractivity contribution < 1.29 is 9.13 Å². The van der Waals surface area contributed by atoms with Crippen molar-refractivity contribution in [1.29, 1.82) is 0 Å². The average molecular weight is 333 g/mol. The highest BCUT2D eigenvalue weighted by Gasteiger charge is 2.02. The maximum atomic E-state index is 13.0. The molecule has 0 bridgehead atoms. The van der Waals surface area contributed by atoms with Gasteiger partial charge in [0.25, 0.3) is 0 Å². The first-order chi connectivity index (χ1) is 12.2. The van der Waals surface area contributed by atoms with Crippen LogP contribution in [0, 0.1) is 5.82 Å². The summed E-state index contributed by atoms with van der Waals surface area (Å²) in [6.07, 6.45) is 1.83. The maximum absolute atomic E-state index is 13.0. The van der Waals surface area contributed by atoms with Crippen LogP contribution in [-0.2, 0) is 6.61 Å². The zero-order valence-corrected chi connectivity index (χ0v) is 14.1. The van der Waals surface area contributed by atoms with Gasteiger partial charge in [-0.25, -0.2) is 4.39 Å². The van der Waals surface area contributed by atoms with E-state index in [2.05, 4.69) is 4.99 Å². The molecule has 3 aromatic carbocycles. The third kappa shape index (κ3) is 5.01. The number of benzene rings is 3. The normalized spacial score (nSPS) is 12.2. The second kappa shape index (κ2) is 8.25. The molecule has 25 heavy (non-hydrogen) atoms. The number of rotatable bonds is 6. The molecule has 0 aliphatic rings. The standard InChI is InChI=1S/C22H20FNO/c1-17(20-9-11-21(23)12-10-20)24-15-18-7-13-22(14-8-18)25-16-19-5-3-2-4-6-19/h2-15,17H,16H2,1H3/b24-15-. The molecule has 0 aromatic heterocycles. The Morgan fingerprint density at radius 1 is 0.920 bits per heavy atom. The predicted octanol–water partition coefficient (Wildman–Crippen LogP) is 5.58. The third-order valence-electron chi connectivity index (χ3n) is 3.93. The van der Waals surface area contributed by atoms with Gasteiger partial charge in [-0.1, -0.05) is 42.5 Å². The van der Waals surface area contributed by atoms with Gasteiger partial charge in [0, 0.05) is 6.21 Å². The fraction of sp³-hybridized carbons (Fsp3) is 0.136. The van der Waals surface area contributed by atoms with E-state index in [0.29, 0.717) is 6.61 Å². The lowest BCUT2D eigenvalue weighted by Crippen LogP contribution is -1.95. The van der Waals surface area contributed by atoms with Gasteiger partial charge in [-0.15, -0.1) is 0 Å². The first kappa shape index (κ1) is 16.9. The molecule has 3 rings (SSSR count). The molecule has 0 spiro atoms. The van der Waals surface area contributed by atoms with Crippen molar-refractivity contribution in [2.75, 3.05) is 0 Å². The second-order valence-electron chi connectivity index (χ2n) is 5.85. The summed E-state index contributed by atoms with van der Waals surface area (Å²) in [7, 11) is 0. The van der Waals surface area contributed by atoms with Crippen LogP contribution in [-0.4, -0.2) is 6.21 Å². The summed E-state index contributed by atoms with van der Waals surface area (Å²) < 4.78 is 18.7. The van der Waals surface area contributed by atoms with Gasteiger partial charge in [0.05, 0.1) is 6.04 Å². The van der Waals surface area contributed by atoms with Crippen molar-refractivity contribution in [3.8, 4) is 5.75 Å². The van der Waals surface area contributed by atoms with Gasteiger partial charge in [0.1, 0.15) is 18.2 Å². The molecule has 0 saturated carbocycles. The summed E-state index contributed by atoms with van der Waals surface area (Å²) in [6.45, 7) is 2.54. The molecule has 0 fully saturated rings. The molecule has 3 aromatic rings. The molecule has 0 amide bonds. The summed E-state index contributed by atoms with van der Waals surface area (Å²) in [5, 5.41) is 0. The van der Waals surface area contributed by atoms with E-state index in [1.165, 1.54) is 12.1 Å². The van der Waals surface area contributed by atoms with Crippen LogP contribution in [0.25, 0.3) is 0 Å². The quantitative estimate of drug-likeness (QED) is 0.539. The monoisotopic (exact) mass is 333 g/mol. The van der Waals surface area contributed by atoms with Crippen molar-refractivity contribution in [3.63, 3.8) is 0 Å². The molecule has 0 N–H and O–H groups in total. The van der Waals surface area contributed by atoms with Gasteiger partial charge < -0.3 is 4.74 Å². The number of aliphatic imine (C=N–C) groups is 1. The predicted molar refractivity (Wildman–Crippen MR) is 99.6 cm³/mol. The SMILES string of the molecule is CC(/N=C\c1ccc(OCc2ccccc2)cc1)c1ccc(F)cc1. The Kier molecular flexibility index (Phi) is 5.57. The third-order valence-corrected chi connectivity index (χ3v) is 3.93. The zero-order chi connectivity index (χ0) is 17.5. The molecule has 0 radical (unpaired) electrons. The van der Waals surface area contributed by atoms with Gasteiger partial charge in [-0.05, 0) is 60.0 Å². The fourth-order valence-corrected chi connectivity index (χ4v) is 2.42. The van der Waals surface area contributed by atoms with E-state index in [-0.39, 0.29) is 11.9 Å². The Bertz CT molecular complexity index is 811. The summed E-state index contributed by atoms with van der Waals surface area (Å²) in [5.74, 6) is 0.596. The molecule has 1 unspecified atom stereocenters. The number of halogens is 1. The van der Waals surface area contributed by atoms with Crippen LogP contribution in [0.1, 0.15) is 29.7 Å². The highest BCUT2D eigenvalue weighted by molar-refractivity contribution is 5.79. The molecule has 1 atom stereocenters. The first-order valence-corrected chi connectivity index (χ1v) is 8.26. The fourth-order valence-electron chi connectivity index (χ4n) is 2.42. The highest BCUT2D eigenvalue weighted by atomic mass is 19.1. The summed E-state index contributed by atoms with van der Waals surface area (Å²) in [4.78, 5) is 4.53. The van der Waals surface area contributed by atoms with E-state index >= 15 is 0 Å². The van der Waals surface area contributed by atoms with E-state index in [0.717, 1.165) is 22.4 Å². The van der Waals surface area contributed by atoms with E-state index in [1.54, 1.807) is 12.1 Å². The molecule has 0 saturated heterocycles. The molecule has 3 heteroatoms. The molecule has 2 nitrogen and oxygen atoms in total. The zero-order valence-electron chi connectivity index (χ0n) is 14.1. The topological polar surface area (TPSA) is 21.6 Å². The molecular formula is C22H20FNO. The Balaban J connectivity index is 1.57. The minimum Gasteiger partial charge on any atom is -0.489 e. The van der Waals surface area contributed by atoms with Crippen LogP contribution < -0.4 is 4.74 Å². The largest absolute Gasteiger partial charge is 0.489 e. The van der Waals surface area contributed by atoms with E-state index in [9.17, 15) is 4.39 Å². The number of ether oxygens (including phenoxy) is 1. The lowest BCUT2D eigenvalue weighted by atomic mass is 10.1. The van der Waals surface area contributed by atoms with Gasteiger partial charge in [-0.2, -0.15) is 0 Å². The minimum atomic E-state index is -0.231. The molecule has 0 aliphatic heterocycles. The van der Waals surface area contributed by atoms with E-state index in [1.807, 2.05) is 67.7 Å². The van der Waals surface area contributed by atoms with Crippen molar-refractivity contribution in [2.24, 2.45) is 4.99 Å². The van der Waals surface area contributed by atoms with Crippen molar-refractivity contribution in [2.45, 2.75) is 19.6 Å². The Labute approximate surface area is 147 Å². The number of hydrogen-bond donors (Lipinski definition) is 0. The van der Waals surface area contributed by atoms with Crippen LogP contribution >= 0.6 is 0 Å². The molecule has 0 aliphatic carbocycles. The van der Waals surface area contributed by atoms with Crippen molar-refractivity contribution >= 4 is 6.21 Å².